The number of rotatable bonds is 6. The molecule has 5 heteroatoms. The minimum atomic E-state index is -0.194. The third-order valence-corrected chi connectivity index (χ3v) is 4.61. The van der Waals surface area contributed by atoms with Gasteiger partial charge in [0.1, 0.15) is 5.82 Å². The van der Waals surface area contributed by atoms with Crippen molar-refractivity contribution in [3.8, 4) is 0 Å². The van der Waals surface area contributed by atoms with Gasteiger partial charge in [0.05, 0.1) is 0 Å². The fourth-order valence-corrected chi connectivity index (χ4v) is 2.66. The molecule has 19 heavy (non-hydrogen) atoms. The highest BCUT2D eigenvalue weighted by molar-refractivity contribution is 9.10. The van der Waals surface area contributed by atoms with Crippen molar-refractivity contribution in [2.24, 2.45) is 5.84 Å². The van der Waals surface area contributed by atoms with E-state index in [1.165, 1.54) is 6.07 Å². The number of nitrogens with zero attached hydrogens (tertiary/aromatic N) is 1. The zero-order valence-electron chi connectivity index (χ0n) is 12.0. The van der Waals surface area contributed by atoms with Gasteiger partial charge in [-0.2, -0.15) is 0 Å². The van der Waals surface area contributed by atoms with Gasteiger partial charge in [-0.05, 0) is 57.6 Å². The summed E-state index contributed by atoms with van der Waals surface area (Å²) in [5.74, 6) is 5.50. The maximum absolute atomic E-state index is 13.9. The van der Waals surface area contributed by atoms with Crippen molar-refractivity contribution in [2.45, 2.75) is 38.3 Å². The summed E-state index contributed by atoms with van der Waals surface area (Å²) in [5.41, 5.74) is 3.38. The van der Waals surface area contributed by atoms with Gasteiger partial charge in [0.2, 0.25) is 0 Å². The minimum Gasteiger partial charge on any atom is -0.302 e. The quantitative estimate of drug-likeness (QED) is 0.622. The van der Waals surface area contributed by atoms with Crippen LogP contribution in [-0.4, -0.2) is 30.6 Å². The van der Waals surface area contributed by atoms with Gasteiger partial charge in [-0.15, -0.1) is 0 Å². The Balaban J connectivity index is 3.02. The Hall–Kier alpha value is -0.490. The summed E-state index contributed by atoms with van der Waals surface area (Å²) in [6.07, 6.45) is 1.47. The van der Waals surface area contributed by atoms with Crippen LogP contribution in [0.25, 0.3) is 0 Å². The number of hydrogen-bond acceptors (Lipinski definition) is 3. The standard InChI is InChI=1S/C14H23BrFN3/c1-5-14(2,19(3)4)13(18-17)9-10-8-11(15)6-7-12(10)16/h6-8,13,18H,5,9,17H2,1-4H3. The highest BCUT2D eigenvalue weighted by Crippen LogP contribution is 2.25. The lowest BCUT2D eigenvalue weighted by Gasteiger charge is -2.42. The second kappa shape index (κ2) is 6.79. The first-order chi connectivity index (χ1) is 8.85. The second-order valence-electron chi connectivity index (χ2n) is 5.26. The van der Waals surface area contributed by atoms with Crippen LogP contribution in [0, 0.1) is 5.82 Å². The number of nitrogens with one attached hydrogen (secondary N) is 1. The van der Waals surface area contributed by atoms with E-state index < -0.39 is 0 Å². The minimum absolute atomic E-state index is 0.0312. The Labute approximate surface area is 123 Å². The number of likely N-dealkylation sites (N-methyl/N-ethyl adjacent to an activating group) is 1. The predicted molar refractivity (Wildman–Crippen MR) is 81.3 cm³/mol. The van der Waals surface area contributed by atoms with Crippen LogP contribution in [0.2, 0.25) is 0 Å². The number of benzene rings is 1. The maximum Gasteiger partial charge on any atom is 0.126 e. The lowest BCUT2D eigenvalue weighted by molar-refractivity contribution is 0.112. The molecule has 2 atom stereocenters. The normalized spacial score (nSPS) is 16.4. The molecule has 1 rings (SSSR count). The van der Waals surface area contributed by atoms with Crippen molar-refractivity contribution in [2.75, 3.05) is 14.1 Å². The SMILES string of the molecule is CCC(C)(C(Cc1cc(Br)ccc1F)NN)N(C)C. The summed E-state index contributed by atoms with van der Waals surface area (Å²) < 4.78 is 14.7. The molecule has 1 aromatic rings. The lowest BCUT2D eigenvalue weighted by Crippen LogP contribution is -2.59. The average molecular weight is 332 g/mol. The van der Waals surface area contributed by atoms with Gasteiger partial charge < -0.3 is 4.90 Å². The fraction of sp³-hybridized carbons (Fsp3) is 0.571. The van der Waals surface area contributed by atoms with Crippen molar-refractivity contribution in [1.29, 1.82) is 0 Å². The largest absolute Gasteiger partial charge is 0.302 e. The number of halogens is 2. The summed E-state index contributed by atoms with van der Waals surface area (Å²) in [5, 5.41) is 0. The molecule has 0 heterocycles. The summed E-state index contributed by atoms with van der Waals surface area (Å²) in [7, 11) is 4.04. The first-order valence-electron chi connectivity index (χ1n) is 6.42. The monoisotopic (exact) mass is 331 g/mol. The highest BCUT2D eigenvalue weighted by Gasteiger charge is 2.34. The molecule has 0 saturated heterocycles. The Morgan fingerprint density at radius 3 is 2.58 bits per heavy atom. The van der Waals surface area contributed by atoms with Crippen LogP contribution in [-0.2, 0) is 6.42 Å². The first-order valence-corrected chi connectivity index (χ1v) is 7.22. The van der Waals surface area contributed by atoms with Crippen LogP contribution in [0.1, 0.15) is 25.8 Å². The molecule has 0 aliphatic carbocycles. The summed E-state index contributed by atoms with van der Waals surface area (Å²) in [6.45, 7) is 4.25. The summed E-state index contributed by atoms with van der Waals surface area (Å²) in [4.78, 5) is 2.13. The van der Waals surface area contributed by atoms with Crippen molar-refractivity contribution in [3.63, 3.8) is 0 Å². The van der Waals surface area contributed by atoms with Gasteiger partial charge in [0.25, 0.3) is 0 Å². The summed E-state index contributed by atoms with van der Waals surface area (Å²) in [6, 6.07) is 4.96. The smallest absolute Gasteiger partial charge is 0.126 e. The van der Waals surface area contributed by atoms with Gasteiger partial charge >= 0.3 is 0 Å². The number of hydrogen-bond donors (Lipinski definition) is 2. The van der Waals surface area contributed by atoms with E-state index in [2.05, 4.69) is 40.1 Å². The third-order valence-electron chi connectivity index (χ3n) is 4.12. The zero-order chi connectivity index (χ0) is 14.6. The fourth-order valence-electron chi connectivity index (χ4n) is 2.25. The molecule has 0 radical (unpaired) electrons. The maximum atomic E-state index is 13.9. The van der Waals surface area contributed by atoms with E-state index in [0.717, 1.165) is 10.9 Å². The molecule has 0 spiro atoms. The molecule has 0 aromatic heterocycles. The van der Waals surface area contributed by atoms with Crippen molar-refractivity contribution >= 4 is 15.9 Å². The molecule has 2 unspecified atom stereocenters. The van der Waals surface area contributed by atoms with Gasteiger partial charge in [0.15, 0.2) is 0 Å². The lowest BCUT2D eigenvalue weighted by atomic mass is 9.84. The molecule has 1 aromatic carbocycles. The van der Waals surface area contributed by atoms with Crippen LogP contribution in [0.15, 0.2) is 22.7 Å². The predicted octanol–water partition coefficient (Wildman–Crippen LogP) is 2.69. The summed E-state index contributed by atoms with van der Waals surface area (Å²) >= 11 is 3.38. The van der Waals surface area contributed by atoms with Gasteiger partial charge in [-0.25, -0.2) is 4.39 Å². The van der Waals surface area contributed by atoms with Crippen LogP contribution in [0.3, 0.4) is 0 Å². The molecular weight excluding hydrogens is 309 g/mol. The Morgan fingerprint density at radius 1 is 1.47 bits per heavy atom. The third kappa shape index (κ3) is 3.75. The Bertz CT molecular complexity index is 425. The molecule has 0 saturated carbocycles. The molecule has 0 aliphatic rings. The molecule has 0 aliphatic heterocycles. The van der Waals surface area contributed by atoms with Crippen molar-refractivity contribution < 1.29 is 4.39 Å². The van der Waals surface area contributed by atoms with Crippen LogP contribution >= 0.6 is 15.9 Å². The van der Waals surface area contributed by atoms with Crippen molar-refractivity contribution in [3.05, 3.63) is 34.1 Å². The van der Waals surface area contributed by atoms with Crippen LogP contribution in [0.5, 0.6) is 0 Å². The van der Waals surface area contributed by atoms with E-state index >= 15 is 0 Å². The molecule has 0 bridgehead atoms. The molecule has 0 fully saturated rings. The van der Waals surface area contributed by atoms with Crippen LogP contribution in [0.4, 0.5) is 4.39 Å². The molecular formula is C14H23BrFN3. The molecule has 108 valence electrons. The van der Waals surface area contributed by atoms with E-state index in [1.54, 1.807) is 6.07 Å². The second-order valence-corrected chi connectivity index (χ2v) is 6.18. The highest BCUT2D eigenvalue weighted by atomic mass is 79.9. The number of hydrazine groups is 1. The van der Waals surface area contributed by atoms with E-state index in [9.17, 15) is 4.39 Å². The van der Waals surface area contributed by atoms with E-state index in [4.69, 9.17) is 5.84 Å². The topological polar surface area (TPSA) is 41.3 Å². The first kappa shape index (κ1) is 16.6. The van der Waals surface area contributed by atoms with Gasteiger partial charge in [-0.3, -0.25) is 11.3 Å². The van der Waals surface area contributed by atoms with E-state index in [-0.39, 0.29) is 17.4 Å². The zero-order valence-corrected chi connectivity index (χ0v) is 13.6. The van der Waals surface area contributed by atoms with Crippen LogP contribution < -0.4 is 11.3 Å². The van der Waals surface area contributed by atoms with Crippen molar-refractivity contribution in [1.82, 2.24) is 10.3 Å². The Morgan fingerprint density at radius 2 is 2.11 bits per heavy atom. The molecule has 3 nitrogen and oxygen atoms in total. The molecule has 3 N–H and O–H groups in total. The molecule has 0 amide bonds. The number of nitrogens with two attached hydrogens (primary N) is 1. The van der Waals surface area contributed by atoms with E-state index in [1.807, 2.05) is 20.2 Å². The Kier molecular flexibility index (Phi) is 5.92. The van der Waals surface area contributed by atoms with Gasteiger partial charge in [-0.1, -0.05) is 22.9 Å². The average Bonchev–Trinajstić information content (AvgIpc) is 2.38. The van der Waals surface area contributed by atoms with E-state index in [0.29, 0.717) is 12.0 Å². The van der Waals surface area contributed by atoms with Gasteiger partial charge in [0, 0.05) is 16.1 Å².